The Labute approximate surface area is 121 Å². The summed E-state index contributed by atoms with van der Waals surface area (Å²) in [6.07, 6.45) is -0.313. The van der Waals surface area contributed by atoms with E-state index in [-0.39, 0.29) is 23.7 Å². The van der Waals surface area contributed by atoms with Crippen molar-refractivity contribution in [1.82, 2.24) is 0 Å². The van der Waals surface area contributed by atoms with Crippen LogP contribution in [-0.4, -0.2) is 23.1 Å². The summed E-state index contributed by atoms with van der Waals surface area (Å²) < 4.78 is 10.8. The topological polar surface area (TPSA) is 76.0 Å². The van der Waals surface area contributed by atoms with Crippen molar-refractivity contribution in [3.8, 4) is 23.0 Å². The molecule has 0 radical (unpaired) electrons. The van der Waals surface area contributed by atoms with Gasteiger partial charge >= 0.3 is 0 Å². The van der Waals surface area contributed by atoms with E-state index >= 15 is 0 Å². The Bertz CT molecular complexity index is 708. The van der Waals surface area contributed by atoms with E-state index in [0.29, 0.717) is 22.6 Å². The van der Waals surface area contributed by atoms with Gasteiger partial charge in [0.2, 0.25) is 0 Å². The third kappa shape index (κ3) is 2.38. The van der Waals surface area contributed by atoms with Crippen molar-refractivity contribution in [2.24, 2.45) is 0 Å². The zero-order valence-electron chi connectivity index (χ0n) is 11.4. The first kappa shape index (κ1) is 13.3. The van der Waals surface area contributed by atoms with Gasteiger partial charge in [0, 0.05) is 6.07 Å². The van der Waals surface area contributed by atoms with Crippen molar-refractivity contribution in [2.75, 3.05) is 7.11 Å². The summed E-state index contributed by atoms with van der Waals surface area (Å²) in [7, 11) is 1.47. The summed E-state index contributed by atoms with van der Waals surface area (Å²) in [4.78, 5) is 12.1. The van der Waals surface area contributed by atoms with Crippen LogP contribution < -0.4 is 9.47 Å². The van der Waals surface area contributed by atoms with Crippen LogP contribution in [0, 0.1) is 0 Å². The highest BCUT2D eigenvalue weighted by molar-refractivity contribution is 6.00. The van der Waals surface area contributed by atoms with Crippen LogP contribution in [0.25, 0.3) is 0 Å². The maximum atomic E-state index is 12.1. The van der Waals surface area contributed by atoms with Crippen LogP contribution in [0.4, 0.5) is 0 Å². The quantitative estimate of drug-likeness (QED) is 0.887. The fraction of sp³-hybridized carbons (Fsp3) is 0.188. The number of carbonyl (C=O) groups is 1. The van der Waals surface area contributed by atoms with Crippen molar-refractivity contribution < 1.29 is 24.5 Å². The molecule has 0 amide bonds. The maximum absolute atomic E-state index is 12.1. The molecule has 0 aliphatic carbocycles. The molecule has 0 saturated carbocycles. The molecule has 1 heterocycles. The highest BCUT2D eigenvalue weighted by Gasteiger charge is 2.28. The van der Waals surface area contributed by atoms with E-state index in [1.54, 1.807) is 18.2 Å². The molecule has 3 rings (SSSR count). The Morgan fingerprint density at radius 1 is 1.19 bits per heavy atom. The summed E-state index contributed by atoms with van der Waals surface area (Å²) in [5, 5.41) is 19.3. The molecule has 21 heavy (non-hydrogen) atoms. The lowest BCUT2D eigenvalue weighted by molar-refractivity contribution is 0.0849. The second kappa shape index (κ2) is 5.01. The molecular weight excluding hydrogens is 272 g/mol. The number of fused-ring (bicyclic) bond motifs is 1. The Morgan fingerprint density at radius 2 is 2.00 bits per heavy atom. The third-order valence-electron chi connectivity index (χ3n) is 3.48. The number of phenols is 2. The number of carbonyl (C=O) groups excluding carboxylic acids is 1. The molecule has 0 fully saturated rings. The van der Waals surface area contributed by atoms with Crippen LogP contribution in [0.2, 0.25) is 0 Å². The van der Waals surface area contributed by atoms with Crippen LogP contribution in [-0.2, 0) is 0 Å². The molecule has 2 N–H and O–H groups in total. The Kier molecular flexibility index (Phi) is 3.17. The molecule has 5 heteroatoms. The van der Waals surface area contributed by atoms with E-state index in [1.165, 1.54) is 25.3 Å². The third-order valence-corrected chi connectivity index (χ3v) is 3.48. The van der Waals surface area contributed by atoms with Gasteiger partial charge in [-0.05, 0) is 29.8 Å². The number of aromatic hydroxyl groups is 2. The zero-order valence-corrected chi connectivity index (χ0v) is 11.4. The summed E-state index contributed by atoms with van der Waals surface area (Å²) in [5.74, 6) is 0.689. The predicted molar refractivity (Wildman–Crippen MR) is 75.1 cm³/mol. The number of methoxy groups -OCH3 is 1. The van der Waals surface area contributed by atoms with Gasteiger partial charge in [-0.2, -0.15) is 0 Å². The average Bonchev–Trinajstić information content (AvgIpc) is 2.46. The van der Waals surface area contributed by atoms with Gasteiger partial charge < -0.3 is 19.7 Å². The summed E-state index contributed by atoms with van der Waals surface area (Å²) >= 11 is 0. The lowest BCUT2D eigenvalue weighted by Crippen LogP contribution is -2.20. The molecule has 1 unspecified atom stereocenters. The largest absolute Gasteiger partial charge is 0.508 e. The van der Waals surface area contributed by atoms with Gasteiger partial charge in [-0.1, -0.05) is 6.07 Å². The zero-order chi connectivity index (χ0) is 15.0. The number of hydrogen-bond acceptors (Lipinski definition) is 5. The van der Waals surface area contributed by atoms with E-state index in [2.05, 4.69) is 0 Å². The molecule has 0 bridgehead atoms. The molecule has 2 aromatic rings. The van der Waals surface area contributed by atoms with Crippen LogP contribution in [0.5, 0.6) is 23.0 Å². The molecule has 108 valence electrons. The number of ether oxygens (including phenoxy) is 2. The number of Topliss-reactive ketones (excluding diaryl/α,β-unsaturated/α-hetero) is 1. The fourth-order valence-corrected chi connectivity index (χ4v) is 2.41. The molecule has 5 nitrogen and oxygen atoms in total. The molecule has 1 atom stereocenters. The Hall–Kier alpha value is -2.69. The summed E-state index contributed by atoms with van der Waals surface area (Å²) in [5.41, 5.74) is 1.14. The molecule has 0 aromatic heterocycles. The average molecular weight is 286 g/mol. The van der Waals surface area contributed by atoms with Gasteiger partial charge in [-0.15, -0.1) is 0 Å². The van der Waals surface area contributed by atoms with Crippen LogP contribution >= 0.6 is 0 Å². The number of phenolic OH excluding ortho intramolecular Hbond substituents is 2. The standard InChI is InChI=1S/C16H14O5/c1-20-14-5-2-9(6-13(14)19)15-8-12(18)11-4-3-10(17)7-16(11)21-15/h2-7,15,17,19H,8H2,1H3. The molecule has 1 aliphatic rings. The van der Waals surface area contributed by atoms with Crippen molar-refractivity contribution in [3.63, 3.8) is 0 Å². The first-order valence-corrected chi connectivity index (χ1v) is 6.48. The second-order valence-electron chi connectivity index (χ2n) is 4.85. The SMILES string of the molecule is COc1ccc(C2CC(=O)c3ccc(O)cc3O2)cc1O. The molecule has 0 spiro atoms. The lowest BCUT2D eigenvalue weighted by atomic mass is 9.96. The number of benzene rings is 2. The van der Waals surface area contributed by atoms with Gasteiger partial charge in [0.1, 0.15) is 17.6 Å². The van der Waals surface area contributed by atoms with Crippen LogP contribution in [0.3, 0.4) is 0 Å². The molecule has 2 aromatic carbocycles. The van der Waals surface area contributed by atoms with E-state index in [1.807, 2.05) is 0 Å². The van der Waals surface area contributed by atoms with Crippen molar-refractivity contribution in [3.05, 3.63) is 47.5 Å². The summed E-state index contributed by atoms with van der Waals surface area (Å²) in [6, 6.07) is 9.31. The Balaban J connectivity index is 1.95. The van der Waals surface area contributed by atoms with E-state index < -0.39 is 6.10 Å². The van der Waals surface area contributed by atoms with Gasteiger partial charge in [-0.3, -0.25) is 4.79 Å². The minimum Gasteiger partial charge on any atom is -0.508 e. The first-order chi connectivity index (χ1) is 10.1. The van der Waals surface area contributed by atoms with Crippen molar-refractivity contribution in [2.45, 2.75) is 12.5 Å². The van der Waals surface area contributed by atoms with Crippen LogP contribution in [0.1, 0.15) is 28.4 Å². The highest BCUT2D eigenvalue weighted by atomic mass is 16.5. The molecular formula is C16H14O5. The Morgan fingerprint density at radius 3 is 2.71 bits per heavy atom. The minimum absolute atomic E-state index is 0.00671. The number of ketones is 1. The fourth-order valence-electron chi connectivity index (χ4n) is 2.41. The van der Waals surface area contributed by atoms with Crippen molar-refractivity contribution >= 4 is 5.78 Å². The maximum Gasteiger partial charge on any atom is 0.170 e. The number of hydrogen-bond donors (Lipinski definition) is 2. The van der Waals surface area contributed by atoms with Gasteiger partial charge in [-0.25, -0.2) is 0 Å². The van der Waals surface area contributed by atoms with Gasteiger partial charge in [0.25, 0.3) is 0 Å². The first-order valence-electron chi connectivity index (χ1n) is 6.48. The lowest BCUT2D eigenvalue weighted by Gasteiger charge is -2.25. The monoisotopic (exact) mass is 286 g/mol. The van der Waals surface area contributed by atoms with Crippen LogP contribution in [0.15, 0.2) is 36.4 Å². The normalized spacial score (nSPS) is 17.0. The minimum atomic E-state index is -0.497. The van der Waals surface area contributed by atoms with Gasteiger partial charge in [0.05, 0.1) is 19.1 Å². The van der Waals surface area contributed by atoms with E-state index in [0.717, 1.165) is 0 Å². The smallest absolute Gasteiger partial charge is 0.170 e. The molecule has 1 aliphatic heterocycles. The summed E-state index contributed by atoms with van der Waals surface area (Å²) in [6.45, 7) is 0. The van der Waals surface area contributed by atoms with E-state index in [9.17, 15) is 15.0 Å². The van der Waals surface area contributed by atoms with E-state index in [4.69, 9.17) is 9.47 Å². The van der Waals surface area contributed by atoms with Gasteiger partial charge in [0.15, 0.2) is 17.3 Å². The highest BCUT2D eigenvalue weighted by Crippen LogP contribution is 2.38. The molecule has 0 saturated heterocycles. The number of rotatable bonds is 2. The predicted octanol–water partition coefficient (Wildman–Crippen LogP) is 2.81. The second-order valence-corrected chi connectivity index (χ2v) is 4.85. The van der Waals surface area contributed by atoms with Crippen molar-refractivity contribution in [1.29, 1.82) is 0 Å².